The van der Waals surface area contributed by atoms with Crippen molar-refractivity contribution in [2.45, 2.75) is 25.8 Å². The molecule has 1 atom stereocenters. The van der Waals surface area contributed by atoms with Crippen LogP contribution in [0.4, 0.5) is 5.69 Å². The van der Waals surface area contributed by atoms with Gasteiger partial charge < -0.3 is 19.8 Å². The zero-order chi connectivity index (χ0) is 16.2. The van der Waals surface area contributed by atoms with Crippen LogP contribution in [-0.2, 0) is 11.2 Å². The molecule has 2 aromatic rings. The lowest BCUT2D eigenvalue weighted by atomic mass is 10.1. The van der Waals surface area contributed by atoms with Crippen LogP contribution in [-0.4, -0.2) is 24.5 Å². The Bertz CT molecular complexity index is 709. The fourth-order valence-corrected chi connectivity index (χ4v) is 2.42. The highest BCUT2D eigenvalue weighted by Gasteiger charge is 2.18. The van der Waals surface area contributed by atoms with Gasteiger partial charge in [0.25, 0.3) is 11.8 Å². The molecule has 120 valence electrons. The van der Waals surface area contributed by atoms with Gasteiger partial charge >= 0.3 is 0 Å². The van der Waals surface area contributed by atoms with Gasteiger partial charge in [0.1, 0.15) is 11.5 Å². The molecule has 6 heteroatoms. The molecule has 23 heavy (non-hydrogen) atoms. The summed E-state index contributed by atoms with van der Waals surface area (Å²) >= 11 is 0. The summed E-state index contributed by atoms with van der Waals surface area (Å²) in [7, 11) is 0. The molecule has 1 aromatic heterocycles. The lowest BCUT2D eigenvalue weighted by Crippen LogP contribution is -2.33. The Labute approximate surface area is 133 Å². The molecule has 2 N–H and O–H groups in total. The highest BCUT2D eigenvalue weighted by atomic mass is 16.5. The molecule has 1 aliphatic rings. The van der Waals surface area contributed by atoms with Gasteiger partial charge in [0, 0.05) is 18.0 Å². The molecular weight excluding hydrogens is 296 g/mol. The van der Waals surface area contributed by atoms with E-state index >= 15 is 0 Å². The Hall–Kier alpha value is -2.76. The Morgan fingerprint density at radius 2 is 2.26 bits per heavy atom. The first kappa shape index (κ1) is 15.1. The van der Waals surface area contributed by atoms with E-state index in [1.807, 2.05) is 19.1 Å². The van der Waals surface area contributed by atoms with E-state index in [-0.39, 0.29) is 24.5 Å². The summed E-state index contributed by atoms with van der Waals surface area (Å²) in [4.78, 5) is 23.6. The van der Waals surface area contributed by atoms with Crippen molar-refractivity contribution < 1.29 is 18.7 Å². The molecular formula is C17H18N2O4. The number of carbonyl (C=O) groups excluding carboxylic acids is 2. The first-order valence-electron chi connectivity index (χ1n) is 7.52. The molecule has 0 radical (unpaired) electrons. The molecule has 1 unspecified atom stereocenters. The molecule has 0 bridgehead atoms. The first-order valence-corrected chi connectivity index (χ1v) is 7.52. The third-order valence-electron chi connectivity index (χ3n) is 3.66. The van der Waals surface area contributed by atoms with E-state index in [0.29, 0.717) is 17.0 Å². The molecule has 0 saturated heterocycles. The Morgan fingerprint density at radius 3 is 3.04 bits per heavy atom. The van der Waals surface area contributed by atoms with Crippen LogP contribution in [0.3, 0.4) is 0 Å². The smallest absolute Gasteiger partial charge is 0.262 e. The molecule has 0 spiro atoms. The van der Waals surface area contributed by atoms with Gasteiger partial charge in [-0.2, -0.15) is 0 Å². The molecule has 1 aromatic carbocycles. The van der Waals surface area contributed by atoms with Crippen LogP contribution in [0.2, 0.25) is 0 Å². The standard InChI is InChI=1S/C17H18N2O4/c1-11(4-6-13-3-2-8-22-13)18-17(21)12-5-7-15-14(9-12)19-16(20)10-23-15/h2-3,5,7-9,11H,4,6,10H2,1H3,(H,18,21)(H,19,20). The minimum atomic E-state index is -0.220. The number of rotatable bonds is 5. The van der Waals surface area contributed by atoms with Crippen molar-refractivity contribution >= 4 is 17.5 Å². The van der Waals surface area contributed by atoms with Gasteiger partial charge in [0.05, 0.1) is 12.0 Å². The summed E-state index contributed by atoms with van der Waals surface area (Å²) in [6.45, 7) is 1.95. The maximum atomic E-state index is 12.3. The highest BCUT2D eigenvalue weighted by molar-refractivity contribution is 5.99. The number of benzene rings is 1. The zero-order valence-electron chi connectivity index (χ0n) is 12.8. The Morgan fingerprint density at radius 1 is 1.39 bits per heavy atom. The normalized spacial score (nSPS) is 14.4. The topological polar surface area (TPSA) is 80.6 Å². The average molecular weight is 314 g/mol. The fourth-order valence-electron chi connectivity index (χ4n) is 2.42. The third-order valence-corrected chi connectivity index (χ3v) is 3.66. The summed E-state index contributed by atoms with van der Waals surface area (Å²) in [6.07, 6.45) is 3.19. The molecule has 0 aliphatic carbocycles. The number of aryl methyl sites for hydroxylation is 1. The maximum Gasteiger partial charge on any atom is 0.262 e. The number of fused-ring (bicyclic) bond motifs is 1. The minimum absolute atomic E-state index is 0.00234. The highest BCUT2D eigenvalue weighted by Crippen LogP contribution is 2.28. The number of amides is 2. The summed E-state index contributed by atoms with van der Waals surface area (Å²) < 4.78 is 10.6. The van der Waals surface area contributed by atoms with Crippen molar-refractivity contribution in [3.63, 3.8) is 0 Å². The summed E-state index contributed by atoms with van der Waals surface area (Å²) in [5.74, 6) is 1.08. The van der Waals surface area contributed by atoms with Gasteiger partial charge in [-0.15, -0.1) is 0 Å². The predicted octanol–water partition coefficient (Wildman–Crippen LogP) is 2.36. The summed E-state index contributed by atoms with van der Waals surface area (Å²) in [6, 6.07) is 8.78. The van der Waals surface area contributed by atoms with E-state index in [1.165, 1.54) is 0 Å². The lowest BCUT2D eigenvalue weighted by molar-refractivity contribution is -0.118. The number of hydrogen-bond donors (Lipinski definition) is 2. The van der Waals surface area contributed by atoms with Gasteiger partial charge in [-0.05, 0) is 43.7 Å². The van der Waals surface area contributed by atoms with Crippen LogP contribution in [0.15, 0.2) is 41.0 Å². The average Bonchev–Trinajstić information content (AvgIpc) is 3.05. The van der Waals surface area contributed by atoms with E-state index in [2.05, 4.69) is 10.6 Å². The molecule has 0 fully saturated rings. The van der Waals surface area contributed by atoms with E-state index in [1.54, 1.807) is 24.5 Å². The summed E-state index contributed by atoms with van der Waals surface area (Å²) in [5, 5.41) is 5.64. The van der Waals surface area contributed by atoms with Crippen LogP contribution < -0.4 is 15.4 Å². The van der Waals surface area contributed by atoms with Gasteiger partial charge in [0.15, 0.2) is 6.61 Å². The molecule has 2 amide bonds. The molecule has 0 saturated carbocycles. The van der Waals surface area contributed by atoms with Crippen molar-refractivity contribution in [2.75, 3.05) is 11.9 Å². The minimum Gasteiger partial charge on any atom is -0.482 e. The van der Waals surface area contributed by atoms with Crippen LogP contribution in [0.5, 0.6) is 5.75 Å². The van der Waals surface area contributed by atoms with E-state index in [4.69, 9.17) is 9.15 Å². The van der Waals surface area contributed by atoms with E-state index in [0.717, 1.165) is 18.6 Å². The maximum absolute atomic E-state index is 12.3. The van der Waals surface area contributed by atoms with Crippen molar-refractivity contribution in [2.24, 2.45) is 0 Å². The zero-order valence-corrected chi connectivity index (χ0v) is 12.8. The monoisotopic (exact) mass is 314 g/mol. The number of anilines is 1. The number of hydrogen-bond acceptors (Lipinski definition) is 4. The van der Waals surface area contributed by atoms with Gasteiger partial charge in [-0.25, -0.2) is 0 Å². The second-order valence-corrected chi connectivity index (χ2v) is 5.54. The molecule has 2 heterocycles. The first-order chi connectivity index (χ1) is 11.1. The van der Waals surface area contributed by atoms with Gasteiger partial charge in [-0.1, -0.05) is 0 Å². The predicted molar refractivity (Wildman–Crippen MR) is 84.5 cm³/mol. The van der Waals surface area contributed by atoms with Crippen molar-refractivity contribution in [3.8, 4) is 5.75 Å². The molecule has 1 aliphatic heterocycles. The van der Waals surface area contributed by atoms with Crippen LogP contribution in [0.1, 0.15) is 29.5 Å². The second kappa shape index (κ2) is 6.56. The van der Waals surface area contributed by atoms with Gasteiger partial charge in [-0.3, -0.25) is 9.59 Å². The van der Waals surface area contributed by atoms with Crippen LogP contribution in [0, 0.1) is 0 Å². The Balaban J connectivity index is 1.59. The van der Waals surface area contributed by atoms with E-state index < -0.39 is 0 Å². The number of carbonyl (C=O) groups is 2. The van der Waals surface area contributed by atoms with Crippen molar-refractivity contribution in [3.05, 3.63) is 47.9 Å². The van der Waals surface area contributed by atoms with Crippen LogP contribution in [0.25, 0.3) is 0 Å². The molecule has 6 nitrogen and oxygen atoms in total. The number of furan rings is 1. The van der Waals surface area contributed by atoms with Crippen LogP contribution >= 0.6 is 0 Å². The van der Waals surface area contributed by atoms with Crippen molar-refractivity contribution in [1.29, 1.82) is 0 Å². The number of nitrogens with one attached hydrogen (secondary N) is 2. The lowest BCUT2D eigenvalue weighted by Gasteiger charge is -2.19. The second-order valence-electron chi connectivity index (χ2n) is 5.54. The summed E-state index contributed by atoms with van der Waals surface area (Å²) in [5.41, 5.74) is 1.01. The molecule has 3 rings (SSSR count). The Kier molecular flexibility index (Phi) is 4.32. The van der Waals surface area contributed by atoms with Gasteiger partial charge in [0.2, 0.25) is 0 Å². The van der Waals surface area contributed by atoms with Crippen molar-refractivity contribution in [1.82, 2.24) is 5.32 Å². The third kappa shape index (κ3) is 3.71. The number of ether oxygens (including phenoxy) is 1. The quantitative estimate of drug-likeness (QED) is 0.888. The largest absolute Gasteiger partial charge is 0.482 e. The fraction of sp³-hybridized carbons (Fsp3) is 0.294. The van der Waals surface area contributed by atoms with E-state index in [9.17, 15) is 9.59 Å². The SMILES string of the molecule is CC(CCc1ccco1)NC(=O)c1ccc2c(c1)NC(=O)CO2.